The highest BCUT2D eigenvalue weighted by Gasteiger charge is 2.11. The number of aromatic nitrogens is 2. The Morgan fingerprint density at radius 3 is 2.62 bits per heavy atom. The molecule has 24 heavy (non-hydrogen) atoms. The van der Waals surface area contributed by atoms with Crippen molar-refractivity contribution in [2.24, 2.45) is 0 Å². The number of amides is 1. The second kappa shape index (κ2) is 7.41. The number of benzene rings is 2. The van der Waals surface area contributed by atoms with Crippen molar-refractivity contribution >= 4 is 5.91 Å². The number of para-hydroxylation sites is 1. The summed E-state index contributed by atoms with van der Waals surface area (Å²) < 4.78 is 11.0. The van der Waals surface area contributed by atoms with Crippen LogP contribution in [0.5, 0.6) is 5.75 Å². The fourth-order valence-corrected chi connectivity index (χ4v) is 2.14. The van der Waals surface area contributed by atoms with Crippen LogP contribution in [-0.2, 0) is 11.3 Å². The third-order valence-electron chi connectivity index (χ3n) is 3.39. The lowest BCUT2D eigenvalue weighted by atomic mass is 10.1. The number of carbonyl (C=O) groups excluding carboxylic acids is 1. The van der Waals surface area contributed by atoms with Crippen LogP contribution in [0.3, 0.4) is 0 Å². The van der Waals surface area contributed by atoms with E-state index in [1.807, 2.05) is 49.4 Å². The van der Waals surface area contributed by atoms with Gasteiger partial charge in [-0.25, -0.2) is 0 Å². The zero-order valence-electron chi connectivity index (χ0n) is 13.2. The van der Waals surface area contributed by atoms with Crippen molar-refractivity contribution in [1.29, 1.82) is 0 Å². The van der Waals surface area contributed by atoms with Crippen LogP contribution >= 0.6 is 0 Å². The summed E-state index contributed by atoms with van der Waals surface area (Å²) in [5.41, 5.74) is 1.93. The molecule has 0 fully saturated rings. The zero-order valence-corrected chi connectivity index (χ0v) is 13.2. The number of rotatable bonds is 6. The van der Waals surface area contributed by atoms with Crippen molar-refractivity contribution in [2.45, 2.75) is 13.5 Å². The number of carbonyl (C=O) groups is 1. The molecule has 0 atom stereocenters. The van der Waals surface area contributed by atoms with E-state index >= 15 is 0 Å². The second-order valence-electron chi connectivity index (χ2n) is 5.19. The minimum atomic E-state index is -0.255. The molecule has 0 unspecified atom stereocenters. The number of hydrogen-bond donors (Lipinski definition) is 1. The standard InChI is InChI=1S/C18H17N3O3/c1-13-7-5-6-10-15(13)18-21-20-17(24-18)11-19-16(22)12-23-14-8-3-2-4-9-14/h2-10H,11-12H2,1H3,(H,19,22). The van der Waals surface area contributed by atoms with Gasteiger partial charge in [-0.3, -0.25) is 4.79 Å². The normalized spacial score (nSPS) is 10.4. The van der Waals surface area contributed by atoms with Crippen LogP contribution in [0, 0.1) is 6.92 Å². The first-order chi connectivity index (χ1) is 11.7. The van der Waals surface area contributed by atoms with Crippen LogP contribution < -0.4 is 10.1 Å². The summed E-state index contributed by atoms with van der Waals surface area (Å²) in [5, 5.41) is 10.7. The summed E-state index contributed by atoms with van der Waals surface area (Å²) in [6.45, 7) is 2.07. The van der Waals surface area contributed by atoms with Gasteiger partial charge in [0.1, 0.15) is 5.75 Å². The number of nitrogens with zero attached hydrogens (tertiary/aromatic N) is 2. The Bertz CT molecular complexity index is 815. The predicted octanol–water partition coefficient (Wildman–Crippen LogP) is 2.74. The first kappa shape index (κ1) is 15.7. The summed E-state index contributed by atoms with van der Waals surface area (Å²) in [5.74, 6) is 1.18. The summed E-state index contributed by atoms with van der Waals surface area (Å²) in [6, 6.07) is 16.9. The van der Waals surface area contributed by atoms with E-state index in [0.717, 1.165) is 11.1 Å². The molecule has 0 spiro atoms. The van der Waals surface area contributed by atoms with Crippen LogP contribution in [0.1, 0.15) is 11.5 Å². The Kier molecular flexibility index (Phi) is 4.86. The van der Waals surface area contributed by atoms with Crippen molar-refractivity contribution in [3.8, 4) is 17.2 Å². The van der Waals surface area contributed by atoms with Gasteiger partial charge in [0.25, 0.3) is 5.91 Å². The molecule has 122 valence electrons. The SMILES string of the molecule is Cc1ccccc1-c1nnc(CNC(=O)COc2ccccc2)o1. The van der Waals surface area contributed by atoms with Gasteiger partial charge in [-0.05, 0) is 30.7 Å². The quantitative estimate of drug-likeness (QED) is 0.755. The molecule has 6 heteroatoms. The van der Waals surface area contributed by atoms with E-state index < -0.39 is 0 Å². The molecule has 1 heterocycles. The first-order valence-corrected chi connectivity index (χ1v) is 7.55. The number of nitrogens with one attached hydrogen (secondary N) is 1. The lowest BCUT2D eigenvalue weighted by molar-refractivity contribution is -0.123. The van der Waals surface area contributed by atoms with Gasteiger partial charge in [0.05, 0.1) is 6.54 Å². The minimum absolute atomic E-state index is 0.0667. The van der Waals surface area contributed by atoms with Crippen LogP contribution in [0.2, 0.25) is 0 Å². The van der Waals surface area contributed by atoms with Gasteiger partial charge in [-0.2, -0.15) is 0 Å². The maximum Gasteiger partial charge on any atom is 0.258 e. The molecule has 1 aromatic heterocycles. The molecule has 0 aliphatic heterocycles. The molecule has 0 aliphatic carbocycles. The molecular formula is C18H17N3O3. The van der Waals surface area contributed by atoms with Gasteiger partial charge >= 0.3 is 0 Å². The Hall–Kier alpha value is -3.15. The molecular weight excluding hydrogens is 306 g/mol. The monoisotopic (exact) mass is 323 g/mol. The smallest absolute Gasteiger partial charge is 0.258 e. The molecule has 3 rings (SSSR count). The largest absolute Gasteiger partial charge is 0.484 e. The Morgan fingerprint density at radius 2 is 1.83 bits per heavy atom. The van der Waals surface area contributed by atoms with E-state index in [4.69, 9.17) is 9.15 Å². The van der Waals surface area contributed by atoms with Gasteiger partial charge in [0.15, 0.2) is 6.61 Å². The average molecular weight is 323 g/mol. The molecule has 1 N–H and O–H groups in total. The Morgan fingerprint density at radius 1 is 1.08 bits per heavy atom. The highest BCUT2D eigenvalue weighted by Crippen LogP contribution is 2.21. The predicted molar refractivity (Wildman–Crippen MR) is 88.3 cm³/mol. The molecule has 3 aromatic rings. The Labute approximate surface area is 139 Å². The molecule has 2 aromatic carbocycles. The topological polar surface area (TPSA) is 77.2 Å². The molecule has 0 saturated heterocycles. The van der Waals surface area contributed by atoms with Crippen molar-refractivity contribution < 1.29 is 13.9 Å². The van der Waals surface area contributed by atoms with Gasteiger partial charge in [0, 0.05) is 5.56 Å². The fraction of sp³-hybridized carbons (Fsp3) is 0.167. The maximum absolute atomic E-state index is 11.8. The second-order valence-corrected chi connectivity index (χ2v) is 5.19. The van der Waals surface area contributed by atoms with E-state index in [1.54, 1.807) is 12.1 Å². The van der Waals surface area contributed by atoms with Gasteiger partial charge in [0.2, 0.25) is 11.8 Å². The van der Waals surface area contributed by atoms with Crippen LogP contribution in [0.15, 0.2) is 59.0 Å². The lowest BCUT2D eigenvalue weighted by Crippen LogP contribution is -2.28. The van der Waals surface area contributed by atoms with E-state index in [1.165, 1.54) is 0 Å². The fourth-order valence-electron chi connectivity index (χ4n) is 2.14. The van der Waals surface area contributed by atoms with Crippen molar-refractivity contribution in [3.05, 3.63) is 66.1 Å². The van der Waals surface area contributed by atoms with Gasteiger partial charge in [-0.1, -0.05) is 36.4 Å². The summed E-state index contributed by atoms with van der Waals surface area (Å²) in [4.78, 5) is 11.8. The lowest BCUT2D eigenvalue weighted by Gasteiger charge is -2.05. The summed E-state index contributed by atoms with van der Waals surface area (Å²) >= 11 is 0. The van der Waals surface area contributed by atoms with Crippen molar-refractivity contribution in [2.75, 3.05) is 6.61 Å². The molecule has 0 radical (unpaired) electrons. The van der Waals surface area contributed by atoms with E-state index in [-0.39, 0.29) is 19.1 Å². The highest BCUT2D eigenvalue weighted by atomic mass is 16.5. The van der Waals surface area contributed by atoms with Crippen molar-refractivity contribution in [1.82, 2.24) is 15.5 Å². The number of ether oxygens (including phenoxy) is 1. The minimum Gasteiger partial charge on any atom is -0.484 e. The van der Waals surface area contributed by atoms with Gasteiger partial charge in [-0.15, -0.1) is 10.2 Å². The highest BCUT2D eigenvalue weighted by molar-refractivity contribution is 5.77. The average Bonchev–Trinajstić information content (AvgIpc) is 3.08. The molecule has 0 saturated carbocycles. The van der Waals surface area contributed by atoms with E-state index in [9.17, 15) is 4.79 Å². The van der Waals surface area contributed by atoms with Gasteiger partial charge < -0.3 is 14.5 Å². The van der Waals surface area contributed by atoms with Crippen LogP contribution in [0.4, 0.5) is 0 Å². The molecule has 0 bridgehead atoms. The maximum atomic E-state index is 11.8. The first-order valence-electron chi connectivity index (χ1n) is 7.55. The molecule has 1 amide bonds. The third kappa shape index (κ3) is 3.98. The van der Waals surface area contributed by atoms with E-state index in [0.29, 0.717) is 17.5 Å². The van der Waals surface area contributed by atoms with Crippen LogP contribution in [-0.4, -0.2) is 22.7 Å². The molecule has 0 aliphatic rings. The number of hydrogen-bond acceptors (Lipinski definition) is 5. The summed E-state index contributed by atoms with van der Waals surface area (Å²) in [6.07, 6.45) is 0. The van der Waals surface area contributed by atoms with E-state index in [2.05, 4.69) is 15.5 Å². The summed E-state index contributed by atoms with van der Waals surface area (Å²) in [7, 11) is 0. The third-order valence-corrected chi connectivity index (χ3v) is 3.39. The molecule has 6 nitrogen and oxygen atoms in total. The number of aryl methyl sites for hydroxylation is 1. The zero-order chi connectivity index (χ0) is 16.8. The Balaban J connectivity index is 1.52. The van der Waals surface area contributed by atoms with Crippen LogP contribution in [0.25, 0.3) is 11.5 Å². The van der Waals surface area contributed by atoms with Crippen molar-refractivity contribution in [3.63, 3.8) is 0 Å².